The minimum atomic E-state index is 0.0101. The van der Waals surface area contributed by atoms with Gasteiger partial charge in [0.2, 0.25) is 0 Å². The van der Waals surface area contributed by atoms with Crippen molar-refractivity contribution in [3.8, 4) is 0 Å². The summed E-state index contributed by atoms with van der Waals surface area (Å²) >= 11 is 0. The zero-order valence-electron chi connectivity index (χ0n) is 11.0. The Morgan fingerprint density at radius 2 is 2.41 bits per heavy atom. The highest BCUT2D eigenvalue weighted by molar-refractivity contribution is 5.05. The van der Waals surface area contributed by atoms with E-state index < -0.39 is 0 Å². The van der Waals surface area contributed by atoms with Crippen molar-refractivity contribution in [1.29, 1.82) is 0 Å². The first-order chi connectivity index (χ1) is 8.07. The third-order valence-electron chi connectivity index (χ3n) is 3.74. The van der Waals surface area contributed by atoms with Gasteiger partial charge in [-0.05, 0) is 31.9 Å². The smallest absolute Gasteiger partial charge is 0.0947 e. The standard InChI is InChI=1S/C14H24N2O/c1-12-4-3-6-14(15,8-12)11-16(2)9-13-5-7-17-10-13/h5,7,10,12H,3-4,6,8-9,11,15H2,1-2H3. The Hall–Kier alpha value is -0.800. The normalized spacial score (nSPS) is 29.8. The van der Waals surface area contributed by atoms with Crippen LogP contribution in [0, 0.1) is 5.92 Å². The molecule has 0 spiro atoms. The van der Waals surface area contributed by atoms with Crippen LogP contribution in [-0.2, 0) is 6.54 Å². The molecule has 0 aliphatic heterocycles. The highest BCUT2D eigenvalue weighted by Gasteiger charge is 2.31. The van der Waals surface area contributed by atoms with Crippen LogP contribution in [0.15, 0.2) is 23.0 Å². The summed E-state index contributed by atoms with van der Waals surface area (Å²) in [7, 11) is 2.14. The molecule has 0 saturated heterocycles. The summed E-state index contributed by atoms with van der Waals surface area (Å²) in [4.78, 5) is 2.31. The molecule has 0 bridgehead atoms. The van der Waals surface area contributed by atoms with E-state index in [0.29, 0.717) is 0 Å². The van der Waals surface area contributed by atoms with Gasteiger partial charge in [-0.1, -0.05) is 19.8 Å². The Morgan fingerprint density at radius 1 is 1.59 bits per heavy atom. The fourth-order valence-corrected chi connectivity index (χ4v) is 3.13. The molecule has 1 saturated carbocycles. The quantitative estimate of drug-likeness (QED) is 0.874. The van der Waals surface area contributed by atoms with E-state index in [1.54, 1.807) is 6.26 Å². The van der Waals surface area contributed by atoms with Gasteiger partial charge < -0.3 is 15.1 Å². The highest BCUT2D eigenvalue weighted by Crippen LogP contribution is 2.31. The molecule has 2 unspecified atom stereocenters. The number of likely N-dealkylation sites (N-methyl/N-ethyl adjacent to an activating group) is 1. The van der Waals surface area contributed by atoms with Crippen LogP contribution in [0.3, 0.4) is 0 Å². The van der Waals surface area contributed by atoms with Crippen molar-refractivity contribution >= 4 is 0 Å². The van der Waals surface area contributed by atoms with Gasteiger partial charge in [0.15, 0.2) is 0 Å². The number of furan rings is 1. The summed E-state index contributed by atoms with van der Waals surface area (Å²) in [5.74, 6) is 0.774. The Kier molecular flexibility index (Phi) is 3.89. The molecule has 1 aliphatic rings. The van der Waals surface area contributed by atoms with Gasteiger partial charge in [0.1, 0.15) is 0 Å². The first-order valence-corrected chi connectivity index (χ1v) is 6.56. The van der Waals surface area contributed by atoms with Crippen LogP contribution in [0.2, 0.25) is 0 Å². The second-order valence-corrected chi connectivity index (χ2v) is 5.87. The van der Waals surface area contributed by atoms with E-state index in [4.69, 9.17) is 10.2 Å². The molecule has 96 valence electrons. The van der Waals surface area contributed by atoms with Crippen molar-refractivity contribution in [2.75, 3.05) is 13.6 Å². The van der Waals surface area contributed by atoms with Crippen LogP contribution >= 0.6 is 0 Å². The molecule has 1 heterocycles. The molecular formula is C14H24N2O. The largest absolute Gasteiger partial charge is 0.472 e. The summed E-state index contributed by atoms with van der Waals surface area (Å²) in [6, 6.07) is 2.02. The van der Waals surface area contributed by atoms with Gasteiger partial charge in [0, 0.05) is 24.2 Å². The maximum atomic E-state index is 6.51. The van der Waals surface area contributed by atoms with Crippen molar-refractivity contribution in [3.63, 3.8) is 0 Å². The third-order valence-corrected chi connectivity index (χ3v) is 3.74. The van der Waals surface area contributed by atoms with E-state index in [1.165, 1.54) is 18.4 Å². The molecule has 3 heteroatoms. The molecule has 2 N–H and O–H groups in total. The molecule has 1 aliphatic carbocycles. The summed E-state index contributed by atoms with van der Waals surface area (Å²) in [5, 5.41) is 0. The van der Waals surface area contributed by atoms with Gasteiger partial charge in [-0.3, -0.25) is 0 Å². The molecule has 3 nitrogen and oxygen atoms in total. The Morgan fingerprint density at radius 3 is 3.06 bits per heavy atom. The van der Waals surface area contributed by atoms with Gasteiger partial charge >= 0.3 is 0 Å². The summed E-state index contributed by atoms with van der Waals surface area (Å²) < 4.78 is 5.09. The second kappa shape index (κ2) is 5.23. The number of hydrogen-bond acceptors (Lipinski definition) is 3. The maximum absolute atomic E-state index is 6.51. The average molecular weight is 236 g/mol. The number of nitrogens with zero attached hydrogens (tertiary/aromatic N) is 1. The van der Waals surface area contributed by atoms with Crippen LogP contribution in [0.25, 0.3) is 0 Å². The SMILES string of the molecule is CC1CCCC(N)(CN(C)Cc2ccoc2)C1. The third kappa shape index (κ3) is 3.58. The molecule has 1 aromatic heterocycles. The lowest BCUT2D eigenvalue weighted by atomic mass is 9.77. The van der Waals surface area contributed by atoms with E-state index in [9.17, 15) is 0 Å². The summed E-state index contributed by atoms with van der Waals surface area (Å²) in [6.45, 7) is 4.21. The number of hydrogen-bond donors (Lipinski definition) is 1. The van der Waals surface area contributed by atoms with E-state index in [1.807, 2.05) is 12.3 Å². The van der Waals surface area contributed by atoms with Gasteiger partial charge in [-0.15, -0.1) is 0 Å². The zero-order chi connectivity index (χ0) is 12.3. The molecule has 0 radical (unpaired) electrons. The molecular weight excluding hydrogens is 212 g/mol. The predicted molar refractivity (Wildman–Crippen MR) is 69.6 cm³/mol. The van der Waals surface area contributed by atoms with Crippen molar-refractivity contribution in [2.45, 2.75) is 44.7 Å². The molecule has 0 amide bonds. The van der Waals surface area contributed by atoms with Crippen molar-refractivity contribution in [1.82, 2.24) is 4.90 Å². The Balaban J connectivity index is 1.86. The van der Waals surface area contributed by atoms with Gasteiger partial charge in [0.05, 0.1) is 12.5 Å². The Bertz CT molecular complexity index is 336. The second-order valence-electron chi connectivity index (χ2n) is 5.87. The first-order valence-electron chi connectivity index (χ1n) is 6.56. The number of rotatable bonds is 4. The topological polar surface area (TPSA) is 42.4 Å². The van der Waals surface area contributed by atoms with Crippen LogP contribution in [0.4, 0.5) is 0 Å². The Labute approximate surface area is 104 Å². The van der Waals surface area contributed by atoms with Gasteiger partial charge in [0.25, 0.3) is 0 Å². The van der Waals surface area contributed by atoms with Gasteiger partial charge in [-0.25, -0.2) is 0 Å². The molecule has 2 rings (SSSR count). The van der Waals surface area contributed by atoms with Crippen molar-refractivity contribution in [2.24, 2.45) is 11.7 Å². The lowest BCUT2D eigenvalue weighted by molar-refractivity contribution is 0.165. The van der Waals surface area contributed by atoms with Crippen LogP contribution in [-0.4, -0.2) is 24.0 Å². The van der Waals surface area contributed by atoms with Crippen LogP contribution < -0.4 is 5.73 Å². The first kappa shape index (κ1) is 12.7. The van der Waals surface area contributed by atoms with Crippen LogP contribution in [0.5, 0.6) is 0 Å². The number of nitrogens with two attached hydrogens (primary N) is 1. The molecule has 2 atom stereocenters. The van der Waals surface area contributed by atoms with E-state index in [2.05, 4.69) is 18.9 Å². The summed E-state index contributed by atoms with van der Waals surface area (Å²) in [6.07, 6.45) is 8.46. The van der Waals surface area contributed by atoms with Crippen LogP contribution in [0.1, 0.15) is 38.2 Å². The fourth-order valence-electron chi connectivity index (χ4n) is 3.13. The lowest BCUT2D eigenvalue weighted by Crippen LogP contribution is -2.51. The highest BCUT2D eigenvalue weighted by atomic mass is 16.3. The van der Waals surface area contributed by atoms with Crippen molar-refractivity contribution in [3.05, 3.63) is 24.2 Å². The average Bonchev–Trinajstić information content (AvgIpc) is 2.68. The minimum Gasteiger partial charge on any atom is -0.472 e. The van der Waals surface area contributed by atoms with E-state index >= 15 is 0 Å². The molecule has 1 fully saturated rings. The monoisotopic (exact) mass is 236 g/mol. The maximum Gasteiger partial charge on any atom is 0.0947 e. The minimum absolute atomic E-state index is 0.0101. The van der Waals surface area contributed by atoms with E-state index in [-0.39, 0.29) is 5.54 Å². The van der Waals surface area contributed by atoms with E-state index in [0.717, 1.165) is 31.8 Å². The molecule has 1 aromatic rings. The molecule has 0 aromatic carbocycles. The van der Waals surface area contributed by atoms with Crippen molar-refractivity contribution < 1.29 is 4.42 Å². The zero-order valence-corrected chi connectivity index (χ0v) is 11.0. The van der Waals surface area contributed by atoms with Gasteiger partial charge in [-0.2, -0.15) is 0 Å². The predicted octanol–water partition coefficient (Wildman–Crippen LogP) is 2.62. The fraction of sp³-hybridized carbons (Fsp3) is 0.714. The lowest BCUT2D eigenvalue weighted by Gasteiger charge is -2.39. The summed E-state index contributed by atoms with van der Waals surface area (Å²) in [5.41, 5.74) is 7.75. The molecule has 17 heavy (non-hydrogen) atoms.